The zero-order chi connectivity index (χ0) is 90.2. The number of amidine groups is 4. The van der Waals surface area contributed by atoms with E-state index in [1.54, 1.807) is 85.3 Å². The predicted octanol–water partition coefficient (Wildman–Crippen LogP) is -1.21. The van der Waals surface area contributed by atoms with Gasteiger partial charge in [-0.3, -0.25) is 26.6 Å². The van der Waals surface area contributed by atoms with E-state index < -0.39 is 0 Å². The molecule has 0 aliphatic carbocycles. The third-order valence-electron chi connectivity index (χ3n) is 21.6. The maximum atomic E-state index is 9.72. The second-order valence-corrected chi connectivity index (χ2v) is 32.4. The quantitative estimate of drug-likeness (QED) is 0.0505. The standard InChI is InChI=1S/C18H30N9.C17H28N9.C15H19N9.C15H22N8O.C15H22N8.2ClH/c1-6-26-16(21)15(11(2)24-26)22-17-13(19)9-14(20)18(23-17)25-8-7-12(10-25)27(3,4)5;1-5-25-15(20)14(11(2)23-25)21-16-12(18)10-13(19)17(22-16)24-6-8-26(3,4)9-7-24;1-4-18-12-5-6-24-15(21-12)11(8-19-24)20-13-9(16)7-10(17)14(22-13)23(2)3;1-3-23-13(18)12(8(2)21-23)19-14-10(16)6-11(17)15(20-14)22-5-4-9(24)7-22;1-3-23-13(18)12(9(2)21-23)19-14-10(16)8-11(17)15(20-14)22-6-4-5-7-22;;/h9,12,21H,6-8,10,19-20H2,1-5H3;10,20H,5-9,18-19H2,1-4H3;5-8H,4,16-17H2,1-3H3;6,9,18,24H,3-5,7,16-17H2,1-2H3;8,18H,3-7,16-17H2,1-2H3;2*1H/q2*+1;;;;;/p-2. The Balaban J connectivity index is 0.000000178. The maximum Gasteiger partial charge on any atom is 0.183 e. The fourth-order valence-electron chi connectivity index (χ4n) is 14.5. The number of aliphatic hydroxyl groups is 1. The first kappa shape index (κ1) is 96.5. The number of hydrogen-bond donors (Lipinski definition) is 15. The second kappa shape index (κ2) is 40.5. The van der Waals surface area contributed by atoms with Gasteiger partial charge in [0.25, 0.3) is 0 Å². The predicted molar refractivity (Wildman–Crippen MR) is 506 cm³/mol. The number of halogens is 2. The van der Waals surface area contributed by atoms with Gasteiger partial charge in [-0.2, -0.15) is 25.5 Å². The molecule has 0 aromatic carbocycles. The number of hydrogen-bond acceptors (Lipinski definition) is 37. The number of rotatable bonds is 16. The molecule has 4 saturated heterocycles. The van der Waals surface area contributed by atoms with Crippen LogP contribution in [0.5, 0.6) is 0 Å². The van der Waals surface area contributed by atoms with Crippen molar-refractivity contribution in [2.24, 2.45) is 55.5 Å². The molecule has 9 aliphatic heterocycles. The van der Waals surface area contributed by atoms with Gasteiger partial charge < -0.3 is 121 Å². The number of nitrogen functional groups attached to an aromatic ring is 10. The normalized spacial score (nSPS) is 20.0. The summed E-state index contributed by atoms with van der Waals surface area (Å²) in [5.41, 5.74) is 71.2. The van der Waals surface area contributed by atoms with Crippen LogP contribution in [0.25, 0.3) is 0 Å². The molecule has 2 atom stereocenters. The molecule has 6 aromatic heterocycles. The second-order valence-electron chi connectivity index (χ2n) is 32.4. The van der Waals surface area contributed by atoms with Gasteiger partial charge in [-0.25, -0.2) is 79.6 Å². The Morgan fingerprint density at radius 3 is 1.14 bits per heavy atom. The number of aliphatic imine (C=N–C) groups is 5. The summed E-state index contributed by atoms with van der Waals surface area (Å²) in [4.78, 5) is 64.3. The topological polar surface area (TPSA) is 623 Å². The van der Waals surface area contributed by atoms with Crippen LogP contribution in [0, 0.1) is 21.6 Å². The van der Waals surface area contributed by atoms with Crippen molar-refractivity contribution >= 4 is 196 Å². The Kier molecular flexibility index (Phi) is 31.0. The number of hydrazone groups is 4. The summed E-state index contributed by atoms with van der Waals surface area (Å²) >= 11 is 0. The summed E-state index contributed by atoms with van der Waals surface area (Å²) in [6.45, 7) is 28.8. The highest BCUT2D eigenvalue weighted by molar-refractivity contribution is 6.71. The fourth-order valence-corrected chi connectivity index (χ4v) is 14.5. The number of aliphatic hydroxyl groups excluding tert-OH is 1. The molecule has 4 fully saturated rings. The van der Waals surface area contributed by atoms with E-state index in [0.717, 1.165) is 86.4 Å². The zero-order valence-electron chi connectivity index (χ0n) is 74.7. The molecule has 676 valence electrons. The van der Waals surface area contributed by atoms with E-state index in [2.05, 4.69) is 135 Å². The highest BCUT2D eigenvalue weighted by Crippen LogP contribution is 2.38. The molecule has 15 heterocycles. The summed E-state index contributed by atoms with van der Waals surface area (Å²) in [5, 5.41) is 70.4. The van der Waals surface area contributed by atoms with E-state index in [9.17, 15) is 5.11 Å². The number of nitrogens with two attached hydrogens (primary N) is 10. The van der Waals surface area contributed by atoms with Crippen LogP contribution in [0.1, 0.15) is 93.8 Å². The van der Waals surface area contributed by atoms with Gasteiger partial charge in [-0.1, -0.05) is 0 Å². The molecule has 0 radical (unpaired) electrons. The summed E-state index contributed by atoms with van der Waals surface area (Å²) in [6, 6.07) is 10.7. The Morgan fingerprint density at radius 2 is 0.810 bits per heavy atom. The zero-order valence-corrected chi connectivity index (χ0v) is 76.2. The Hall–Kier alpha value is -13.3. The van der Waals surface area contributed by atoms with E-state index >= 15 is 0 Å². The number of quaternary nitrogens is 2. The van der Waals surface area contributed by atoms with Crippen molar-refractivity contribution in [2.75, 3.05) is 229 Å². The lowest BCUT2D eigenvalue weighted by Crippen LogP contribution is -3.00. The van der Waals surface area contributed by atoms with Crippen molar-refractivity contribution in [2.45, 2.75) is 100 Å². The van der Waals surface area contributed by atoms with E-state index in [1.807, 2.05) is 74.4 Å². The average Bonchev–Trinajstić information content (AvgIpc) is 1.36. The lowest BCUT2D eigenvalue weighted by atomic mass is 10.2. The van der Waals surface area contributed by atoms with Crippen molar-refractivity contribution in [3.63, 3.8) is 0 Å². The van der Waals surface area contributed by atoms with Crippen LogP contribution in [0.15, 0.2) is 98.1 Å². The van der Waals surface area contributed by atoms with Gasteiger partial charge in [0.1, 0.15) is 34.6 Å². The van der Waals surface area contributed by atoms with Crippen molar-refractivity contribution in [3.05, 3.63) is 53.9 Å². The van der Waals surface area contributed by atoms with Crippen LogP contribution >= 0.6 is 0 Å². The lowest BCUT2D eigenvalue weighted by molar-refractivity contribution is -0.893. The Morgan fingerprint density at radius 1 is 0.460 bits per heavy atom. The SMILES string of the molecule is CCN1N=C(C)C(=Nc2nc(N3CCC(O)C3)c(N)cc2N)C1=N.CCN1N=C(C)C(=Nc2nc(N3CCC([N+](C)(C)C)C3)c(N)cc2N)C1=N.CCN1N=C(C)C(=Nc2nc(N3CCCC3)c(N)cc2N)C1=N.CCN1N=C(C)C(=Nc2nc(N3CC[N+](C)(C)CC3)c(N)cc2N)C1=N.CCN=c1ccn2c(n1)C(=Nc1nc(N(C)C)c(N)cc1N)C=N2.[Cl-].[Cl-]. The molecule has 9 aliphatic rings. The lowest BCUT2D eigenvalue weighted by Gasteiger charge is -2.39. The van der Waals surface area contributed by atoms with Crippen LogP contribution in [0.2, 0.25) is 0 Å². The summed E-state index contributed by atoms with van der Waals surface area (Å²) < 4.78 is 3.52. The van der Waals surface area contributed by atoms with E-state index in [4.69, 9.17) is 79.0 Å². The number of likely N-dealkylation sites (N-methyl/N-ethyl adjacent to an activating group) is 2. The fraction of sp³-hybridized carbons (Fsp3) is 0.463. The first-order chi connectivity index (χ1) is 58.7. The molecular weight excluding hydrogens is 1650 g/mol. The summed E-state index contributed by atoms with van der Waals surface area (Å²) in [7, 11) is 14.8. The molecule has 6 aromatic rings. The summed E-state index contributed by atoms with van der Waals surface area (Å²) in [5.74, 6) is 6.80. The van der Waals surface area contributed by atoms with Crippen molar-refractivity contribution in [1.82, 2.24) is 54.6 Å². The molecule has 0 amide bonds. The first-order valence-electron chi connectivity index (χ1n) is 41.3. The smallest absolute Gasteiger partial charge is 0.183 e. The third kappa shape index (κ3) is 21.9. The van der Waals surface area contributed by atoms with Gasteiger partial charge in [0.15, 0.2) is 92.8 Å². The minimum Gasteiger partial charge on any atom is -1.00 e. The molecule has 0 saturated carbocycles. The molecule has 25 N–H and O–H groups in total. The van der Waals surface area contributed by atoms with Gasteiger partial charge in [-0.05, 0) is 112 Å². The minimum atomic E-state index is -0.381. The maximum absolute atomic E-state index is 9.72. The van der Waals surface area contributed by atoms with Crippen LogP contribution in [0.4, 0.5) is 115 Å². The molecule has 2 unspecified atom stereocenters. The van der Waals surface area contributed by atoms with Gasteiger partial charge in [0.2, 0.25) is 0 Å². The van der Waals surface area contributed by atoms with Gasteiger partial charge in [0, 0.05) is 98.2 Å². The van der Waals surface area contributed by atoms with Crippen molar-refractivity contribution in [3.8, 4) is 0 Å². The third-order valence-corrected chi connectivity index (χ3v) is 21.6. The van der Waals surface area contributed by atoms with Crippen LogP contribution in [-0.2, 0) is 0 Å². The molecule has 44 nitrogen and oxygen atoms in total. The van der Waals surface area contributed by atoms with Gasteiger partial charge in [0.05, 0.1) is 160 Å². The average molecular weight is 1770 g/mol. The molecule has 46 heteroatoms. The van der Waals surface area contributed by atoms with E-state index in [-0.39, 0.29) is 54.3 Å². The van der Waals surface area contributed by atoms with Gasteiger partial charge >= 0.3 is 0 Å². The molecule has 126 heavy (non-hydrogen) atoms. The number of piperazine rings is 1. The molecule has 0 spiro atoms. The van der Waals surface area contributed by atoms with Crippen LogP contribution < -0.4 is 112 Å². The summed E-state index contributed by atoms with van der Waals surface area (Å²) in [6.07, 6.45) is 7.06. The highest BCUT2D eigenvalue weighted by atomic mass is 35.5. The largest absolute Gasteiger partial charge is 1.00 e. The van der Waals surface area contributed by atoms with Crippen LogP contribution in [-0.4, -0.2) is 309 Å². The number of pyridine rings is 5. The molecule has 0 bridgehead atoms. The van der Waals surface area contributed by atoms with Crippen LogP contribution in [0.3, 0.4) is 0 Å². The molecule has 15 rings (SSSR count). The number of anilines is 15. The number of nitrogens with one attached hydrogen (secondary N) is 4. The Labute approximate surface area is 746 Å². The molecular formula is C80H121Cl2N43O. The van der Waals surface area contributed by atoms with E-state index in [0.29, 0.717) is 230 Å². The van der Waals surface area contributed by atoms with E-state index in [1.165, 1.54) is 0 Å². The minimum absolute atomic E-state index is 0. The number of nitrogens with zero attached hydrogens (tertiary/aromatic N) is 29. The number of aromatic nitrogens is 7. The monoisotopic (exact) mass is 1770 g/mol. The first-order valence-corrected chi connectivity index (χ1v) is 41.3. The van der Waals surface area contributed by atoms with Crippen molar-refractivity contribution in [1.29, 1.82) is 21.6 Å². The number of β-amino-alcohol motifs (C(OH)–C–C–N with tert-alkyl or cyclic N) is 1. The number of fused-ring (bicyclic) bond motifs is 1. The highest BCUT2D eigenvalue weighted by Gasteiger charge is 2.36. The Bertz CT molecular complexity index is 5520. The van der Waals surface area contributed by atoms with Crippen molar-refractivity contribution < 1.29 is 38.9 Å². The van der Waals surface area contributed by atoms with Gasteiger partial charge in [-0.15, -0.1) is 0 Å².